The van der Waals surface area contributed by atoms with Crippen LogP contribution in [0.2, 0.25) is 0 Å². The zero-order valence-electron chi connectivity index (χ0n) is 15.5. The summed E-state index contributed by atoms with van der Waals surface area (Å²) in [6.07, 6.45) is 1.58. The van der Waals surface area contributed by atoms with E-state index in [1.54, 1.807) is 24.3 Å². The summed E-state index contributed by atoms with van der Waals surface area (Å²) in [6.45, 7) is 1.89. The molecule has 1 aliphatic rings. The van der Waals surface area contributed by atoms with Crippen molar-refractivity contribution in [1.29, 1.82) is 0 Å². The first-order chi connectivity index (χ1) is 13.3. The van der Waals surface area contributed by atoms with Crippen LogP contribution in [0.5, 0.6) is 0 Å². The summed E-state index contributed by atoms with van der Waals surface area (Å²) in [5.74, 6) is -1.03. The largest absolute Gasteiger partial charge is 0.345 e. The lowest BCUT2D eigenvalue weighted by molar-refractivity contribution is -0.116. The second kappa shape index (κ2) is 8.39. The molecule has 146 valence electrons. The van der Waals surface area contributed by atoms with E-state index in [4.69, 9.17) is 0 Å². The number of anilines is 1. The highest BCUT2D eigenvalue weighted by molar-refractivity contribution is 7.94. The van der Waals surface area contributed by atoms with Gasteiger partial charge >= 0.3 is 0 Å². The highest BCUT2D eigenvalue weighted by Gasteiger charge is 2.24. The molecule has 2 N–H and O–H groups in total. The number of nitrogens with one attached hydrogen (secondary N) is 2. The van der Waals surface area contributed by atoms with Gasteiger partial charge in [0.15, 0.2) is 9.84 Å². The average molecular weight is 398 g/mol. The van der Waals surface area contributed by atoms with E-state index in [0.29, 0.717) is 11.3 Å². The highest BCUT2D eigenvalue weighted by atomic mass is 32.2. The van der Waals surface area contributed by atoms with E-state index in [1.807, 2.05) is 37.3 Å². The van der Waals surface area contributed by atoms with Crippen LogP contribution in [0.4, 0.5) is 5.69 Å². The second-order valence-electron chi connectivity index (χ2n) is 6.82. The average Bonchev–Trinajstić information content (AvgIpc) is 3.00. The monoisotopic (exact) mass is 398 g/mol. The van der Waals surface area contributed by atoms with Crippen LogP contribution in [0.1, 0.15) is 35.3 Å². The van der Waals surface area contributed by atoms with Gasteiger partial charge < -0.3 is 10.6 Å². The summed E-state index contributed by atoms with van der Waals surface area (Å²) in [4.78, 5) is 25.0. The number of rotatable bonds is 6. The number of hydrogen-bond donors (Lipinski definition) is 2. The number of benzene rings is 2. The van der Waals surface area contributed by atoms with Gasteiger partial charge in [-0.1, -0.05) is 48.5 Å². The standard InChI is InChI=1S/C21H22N2O4S/c1-15(17-7-3-2-4-8-17)22-21(25)18-9-5-6-10-19(18)23-20(24)13-16-11-12-28(26,27)14-16/h2-12,15-16H,13-14H2,1H3,(H,22,25)(H,23,24). The van der Waals surface area contributed by atoms with Crippen LogP contribution in [0.15, 0.2) is 66.1 Å². The molecular formula is C21H22N2O4S. The first-order valence-corrected chi connectivity index (χ1v) is 10.7. The lowest BCUT2D eigenvalue weighted by Crippen LogP contribution is -2.28. The molecule has 0 aliphatic carbocycles. The van der Waals surface area contributed by atoms with Crippen molar-refractivity contribution in [3.8, 4) is 0 Å². The number of hydrogen-bond acceptors (Lipinski definition) is 4. The van der Waals surface area contributed by atoms with Gasteiger partial charge in [-0.15, -0.1) is 0 Å². The quantitative estimate of drug-likeness (QED) is 0.782. The summed E-state index contributed by atoms with van der Waals surface area (Å²) < 4.78 is 22.9. The molecule has 0 saturated heterocycles. The minimum atomic E-state index is -3.20. The third kappa shape index (κ3) is 5.07. The lowest BCUT2D eigenvalue weighted by Gasteiger charge is -2.16. The van der Waals surface area contributed by atoms with Gasteiger partial charge in [-0.3, -0.25) is 9.59 Å². The zero-order valence-corrected chi connectivity index (χ0v) is 16.3. The number of para-hydroxylation sites is 1. The van der Waals surface area contributed by atoms with E-state index in [1.165, 1.54) is 6.08 Å². The van der Waals surface area contributed by atoms with Gasteiger partial charge in [-0.2, -0.15) is 0 Å². The van der Waals surface area contributed by atoms with Gasteiger partial charge in [0.25, 0.3) is 5.91 Å². The summed E-state index contributed by atoms with van der Waals surface area (Å²) >= 11 is 0. The Morgan fingerprint density at radius 2 is 1.75 bits per heavy atom. The molecule has 7 heteroatoms. The third-order valence-corrected chi connectivity index (χ3v) is 6.01. The van der Waals surface area contributed by atoms with Crippen LogP contribution in [0, 0.1) is 5.92 Å². The van der Waals surface area contributed by atoms with Crippen LogP contribution >= 0.6 is 0 Å². The van der Waals surface area contributed by atoms with Gasteiger partial charge in [0.2, 0.25) is 5.91 Å². The van der Waals surface area contributed by atoms with E-state index in [9.17, 15) is 18.0 Å². The summed E-state index contributed by atoms with van der Waals surface area (Å²) in [7, 11) is -3.20. The third-order valence-electron chi connectivity index (χ3n) is 4.54. The number of amides is 2. The van der Waals surface area contributed by atoms with Crippen molar-refractivity contribution in [3.63, 3.8) is 0 Å². The number of carbonyl (C=O) groups excluding carboxylic acids is 2. The summed E-state index contributed by atoms with van der Waals surface area (Å²) in [6, 6.07) is 16.2. The van der Waals surface area contributed by atoms with Gasteiger partial charge in [0.1, 0.15) is 0 Å². The Balaban J connectivity index is 1.66. The molecule has 0 saturated carbocycles. The molecule has 2 aromatic carbocycles. The van der Waals surface area contributed by atoms with Gasteiger partial charge in [-0.05, 0) is 24.6 Å². The van der Waals surface area contributed by atoms with Gasteiger partial charge in [-0.25, -0.2) is 8.42 Å². The van der Waals surface area contributed by atoms with E-state index >= 15 is 0 Å². The van der Waals surface area contributed by atoms with Crippen molar-refractivity contribution >= 4 is 27.3 Å². The molecule has 2 unspecified atom stereocenters. The van der Waals surface area contributed by atoms with Crippen molar-refractivity contribution in [2.24, 2.45) is 5.92 Å². The smallest absolute Gasteiger partial charge is 0.253 e. The summed E-state index contributed by atoms with van der Waals surface area (Å²) in [5, 5.41) is 6.81. The SMILES string of the molecule is CC(NC(=O)c1ccccc1NC(=O)CC1C=CS(=O)(=O)C1)c1ccccc1. The molecule has 0 aromatic heterocycles. The molecule has 1 aliphatic heterocycles. The molecule has 1 heterocycles. The van der Waals surface area contributed by atoms with Crippen molar-refractivity contribution in [1.82, 2.24) is 5.32 Å². The molecule has 0 spiro atoms. The summed E-state index contributed by atoms with van der Waals surface area (Å²) in [5.41, 5.74) is 1.73. The normalized spacial score (nSPS) is 18.4. The fourth-order valence-corrected chi connectivity index (χ4v) is 4.49. The molecule has 2 atom stereocenters. The predicted octanol–water partition coefficient (Wildman–Crippen LogP) is 3.06. The molecular weight excluding hydrogens is 376 g/mol. The zero-order chi connectivity index (χ0) is 20.1. The molecule has 2 amide bonds. The van der Waals surface area contributed by atoms with Crippen LogP contribution in [-0.2, 0) is 14.6 Å². The lowest BCUT2D eigenvalue weighted by atomic mass is 10.1. The molecule has 0 fully saturated rings. The van der Waals surface area contributed by atoms with E-state index in [2.05, 4.69) is 10.6 Å². The first kappa shape index (κ1) is 19.8. The molecule has 2 aromatic rings. The Hall–Kier alpha value is -2.93. The maximum atomic E-state index is 12.7. The van der Waals surface area contributed by atoms with E-state index < -0.39 is 9.84 Å². The minimum Gasteiger partial charge on any atom is -0.345 e. The molecule has 0 bridgehead atoms. The molecule has 3 rings (SSSR count). The second-order valence-corrected chi connectivity index (χ2v) is 8.75. The van der Waals surface area contributed by atoms with Crippen LogP contribution < -0.4 is 10.6 Å². The van der Waals surface area contributed by atoms with Crippen molar-refractivity contribution < 1.29 is 18.0 Å². The maximum absolute atomic E-state index is 12.7. The highest BCUT2D eigenvalue weighted by Crippen LogP contribution is 2.21. The van der Waals surface area contributed by atoms with E-state index in [-0.39, 0.29) is 35.9 Å². The predicted molar refractivity (Wildman–Crippen MR) is 108 cm³/mol. The molecule has 28 heavy (non-hydrogen) atoms. The Morgan fingerprint density at radius 3 is 2.43 bits per heavy atom. The van der Waals surface area contributed by atoms with Crippen LogP contribution in [0.3, 0.4) is 0 Å². The van der Waals surface area contributed by atoms with Crippen LogP contribution in [0.25, 0.3) is 0 Å². The molecule has 0 radical (unpaired) electrons. The van der Waals surface area contributed by atoms with Gasteiger partial charge in [0, 0.05) is 17.7 Å². The van der Waals surface area contributed by atoms with Crippen molar-refractivity contribution in [2.45, 2.75) is 19.4 Å². The van der Waals surface area contributed by atoms with Crippen LogP contribution in [-0.4, -0.2) is 26.0 Å². The topological polar surface area (TPSA) is 92.3 Å². The Kier molecular flexibility index (Phi) is 5.94. The van der Waals surface area contributed by atoms with Crippen molar-refractivity contribution in [2.75, 3.05) is 11.1 Å². The Bertz CT molecular complexity index is 1000. The Morgan fingerprint density at radius 1 is 1.07 bits per heavy atom. The first-order valence-electron chi connectivity index (χ1n) is 9.00. The van der Waals surface area contributed by atoms with E-state index in [0.717, 1.165) is 11.0 Å². The number of sulfone groups is 1. The number of carbonyl (C=O) groups is 2. The fourth-order valence-electron chi connectivity index (χ4n) is 3.10. The fraction of sp³-hybridized carbons (Fsp3) is 0.238. The minimum absolute atomic E-state index is 0.0477. The maximum Gasteiger partial charge on any atom is 0.253 e. The Labute approximate surface area is 164 Å². The van der Waals surface area contributed by atoms with Crippen molar-refractivity contribution in [3.05, 3.63) is 77.2 Å². The molecule has 6 nitrogen and oxygen atoms in total. The van der Waals surface area contributed by atoms with Gasteiger partial charge in [0.05, 0.1) is 23.0 Å². The number of allylic oxidation sites excluding steroid dienone is 1.